The number of para-hydroxylation sites is 1. The molecule has 18 heavy (non-hydrogen) atoms. The van der Waals surface area contributed by atoms with E-state index in [2.05, 4.69) is 0 Å². The minimum Gasteiger partial charge on any atom is -0.496 e. The van der Waals surface area contributed by atoms with Crippen LogP contribution in [0.1, 0.15) is 26.3 Å². The predicted octanol–water partition coefficient (Wildman–Crippen LogP) is 2.58. The number of esters is 1. The minimum atomic E-state index is -0.520. The Morgan fingerprint density at radius 1 is 1.33 bits per heavy atom. The standard InChI is InChI=1S/C12H15NO3.C2H6/c1-3-16-12(14)10(13)8-9-6-4-5-7-11(9)15-2;1-2/h4-8H,3,13H2,1-2H3;1-2H3/b10-8-;. The lowest BCUT2D eigenvalue weighted by molar-refractivity contribution is -0.138. The van der Waals surface area contributed by atoms with Crippen molar-refractivity contribution in [2.75, 3.05) is 13.7 Å². The topological polar surface area (TPSA) is 61.5 Å². The number of carbonyl (C=O) groups excluding carboxylic acids is 1. The van der Waals surface area contributed by atoms with Crippen LogP contribution in [0.3, 0.4) is 0 Å². The van der Waals surface area contributed by atoms with Crippen molar-refractivity contribution in [2.45, 2.75) is 20.8 Å². The Hall–Kier alpha value is -1.97. The molecule has 0 aliphatic rings. The Morgan fingerprint density at radius 2 is 1.94 bits per heavy atom. The maximum Gasteiger partial charge on any atom is 0.354 e. The van der Waals surface area contributed by atoms with E-state index >= 15 is 0 Å². The number of hydrogen-bond donors (Lipinski definition) is 1. The SMILES string of the molecule is CC.CCOC(=O)/C(N)=C/c1ccccc1OC. The Kier molecular flexibility index (Phi) is 8.10. The smallest absolute Gasteiger partial charge is 0.354 e. The van der Waals surface area contributed by atoms with Crippen molar-refractivity contribution in [1.29, 1.82) is 0 Å². The van der Waals surface area contributed by atoms with Gasteiger partial charge in [-0.05, 0) is 19.1 Å². The zero-order valence-corrected chi connectivity index (χ0v) is 11.4. The van der Waals surface area contributed by atoms with Crippen LogP contribution in [0.2, 0.25) is 0 Å². The van der Waals surface area contributed by atoms with E-state index < -0.39 is 5.97 Å². The molecule has 0 amide bonds. The van der Waals surface area contributed by atoms with Crippen LogP contribution in [0, 0.1) is 0 Å². The Bertz CT molecular complexity index is 400. The minimum absolute atomic E-state index is 0.0614. The van der Waals surface area contributed by atoms with Crippen LogP contribution < -0.4 is 10.5 Å². The predicted molar refractivity (Wildman–Crippen MR) is 73.1 cm³/mol. The number of benzene rings is 1. The second kappa shape index (κ2) is 9.10. The van der Waals surface area contributed by atoms with Gasteiger partial charge in [-0.25, -0.2) is 4.79 Å². The molecular weight excluding hydrogens is 230 g/mol. The summed E-state index contributed by atoms with van der Waals surface area (Å²) in [5.41, 5.74) is 6.40. The van der Waals surface area contributed by atoms with Gasteiger partial charge in [0.2, 0.25) is 0 Å². The van der Waals surface area contributed by atoms with Gasteiger partial charge in [-0.3, -0.25) is 0 Å². The average molecular weight is 251 g/mol. The Labute approximate surface area is 108 Å². The molecule has 0 aliphatic carbocycles. The van der Waals surface area contributed by atoms with Crippen LogP contribution in [0.25, 0.3) is 6.08 Å². The van der Waals surface area contributed by atoms with Gasteiger partial charge >= 0.3 is 5.97 Å². The van der Waals surface area contributed by atoms with E-state index in [4.69, 9.17) is 15.2 Å². The number of ether oxygens (including phenoxy) is 2. The zero-order valence-electron chi connectivity index (χ0n) is 11.4. The molecule has 0 bridgehead atoms. The molecule has 0 aromatic heterocycles. The molecular formula is C14H21NO3. The molecule has 0 aliphatic heterocycles. The van der Waals surface area contributed by atoms with E-state index in [1.165, 1.54) is 6.08 Å². The first-order chi connectivity index (χ1) is 8.69. The lowest BCUT2D eigenvalue weighted by atomic mass is 10.1. The van der Waals surface area contributed by atoms with Gasteiger partial charge in [0.15, 0.2) is 0 Å². The van der Waals surface area contributed by atoms with Crippen molar-refractivity contribution in [2.24, 2.45) is 5.73 Å². The maximum atomic E-state index is 11.3. The van der Waals surface area contributed by atoms with Crippen molar-refractivity contribution >= 4 is 12.0 Å². The van der Waals surface area contributed by atoms with E-state index in [9.17, 15) is 4.79 Å². The third-order valence-electron chi connectivity index (χ3n) is 1.96. The molecule has 4 heteroatoms. The number of carbonyl (C=O) groups is 1. The number of nitrogens with two attached hydrogens (primary N) is 1. The molecule has 0 unspecified atom stereocenters. The van der Waals surface area contributed by atoms with Crippen LogP contribution >= 0.6 is 0 Å². The second-order valence-electron chi connectivity index (χ2n) is 3.06. The zero-order chi connectivity index (χ0) is 14.0. The fraction of sp³-hybridized carbons (Fsp3) is 0.357. The number of hydrogen-bond acceptors (Lipinski definition) is 4. The normalized spacial score (nSPS) is 10.1. The summed E-state index contributed by atoms with van der Waals surface area (Å²) in [6.07, 6.45) is 1.54. The molecule has 0 heterocycles. The fourth-order valence-electron chi connectivity index (χ4n) is 1.23. The molecule has 1 rings (SSSR count). The fourth-order valence-corrected chi connectivity index (χ4v) is 1.23. The van der Waals surface area contributed by atoms with Crippen LogP contribution in [0.4, 0.5) is 0 Å². The quantitative estimate of drug-likeness (QED) is 0.660. The molecule has 0 atom stereocenters. The molecule has 0 saturated carbocycles. The first-order valence-electron chi connectivity index (χ1n) is 5.96. The van der Waals surface area contributed by atoms with E-state index in [1.54, 1.807) is 20.1 Å². The average Bonchev–Trinajstić information content (AvgIpc) is 2.42. The molecule has 1 aromatic carbocycles. The van der Waals surface area contributed by atoms with E-state index in [0.29, 0.717) is 12.4 Å². The number of methoxy groups -OCH3 is 1. The molecule has 0 saturated heterocycles. The Balaban J connectivity index is 0.00000137. The highest BCUT2D eigenvalue weighted by Gasteiger charge is 2.07. The van der Waals surface area contributed by atoms with E-state index in [-0.39, 0.29) is 5.70 Å². The summed E-state index contributed by atoms with van der Waals surface area (Å²) < 4.78 is 9.91. The summed E-state index contributed by atoms with van der Waals surface area (Å²) >= 11 is 0. The molecule has 0 spiro atoms. The van der Waals surface area contributed by atoms with Gasteiger partial charge in [0, 0.05) is 5.56 Å². The molecule has 2 N–H and O–H groups in total. The van der Waals surface area contributed by atoms with Gasteiger partial charge in [0.25, 0.3) is 0 Å². The van der Waals surface area contributed by atoms with Crippen LogP contribution in [-0.2, 0) is 9.53 Å². The van der Waals surface area contributed by atoms with Crippen LogP contribution in [-0.4, -0.2) is 19.7 Å². The van der Waals surface area contributed by atoms with Crippen molar-refractivity contribution in [1.82, 2.24) is 0 Å². The van der Waals surface area contributed by atoms with E-state index in [1.807, 2.05) is 32.0 Å². The Morgan fingerprint density at radius 3 is 2.50 bits per heavy atom. The summed E-state index contributed by atoms with van der Waals surface area (Å²) in [5.74, 6) is 0.142. The summed E-state index contributed by atoms with van der Waals surface area (Å²) in [6, 6.07) is 7.29. The van der Waals surface area contributed by atoms with E-state index in [0.717, 1.165) is 5.56 Å². The number of rotatable bonds is 4. The van der Waals surface area contributed by atoms with Crippen molar-refractivity contribution in [3.8, 4) is 5.75 Å². The van der Waals surface area contributed by atoms with Crippen molar-refractivity contribution in [3.05, 3.63) is 35.5 Å². The highest BCUT2D eigenvalue weighted by molar-refractivity contribution is 5.93. The summed E-state index contributed by atoms with van der Waals surface area (Å²) in [5, 5.41) is 0. The molecule has 4 nitrogen and oxygen atoms in total. The van der Waals surface area contributed by atoms with Gasteiger partial charge in [0.1, 0.15) is 11.4 Å². The third-order valence-corrected chi connectivity index (χ3v) is 1.96. The molecule has 1 aromatic rings. The lowest BCUT2D eigenvalue weighted by Crippen LogP contribution is -2.14. The largest absolute Gasteiger partial charge is 0.496 e. The lowest BCUT2D eigenvalue weighted by Gasteiger charge is -2.05. The van der Waals surface area contributed by atoms with Gasteiger partial charge in [-0.15, -0.1) is 0 Å². The summed E-state index contributed by atoms with van der Waals surface area (Å²) in [7, 11) is 1.56. The van der Waals surface area contributed by atoms with Crippen molar-refractivity contribution in [3.63, 3.8) is 0 Å². The van der Waals surface area contributed by atoms with Gasteiger partial charge in [-0.2, -0.15) is 0 Å². The van der Waals surface area contributed by atoms with Crippen LogP contribution in [0.15, 0.2) is 30.0 Å². The maximum absolute atomic E-state index is 11.3. The van der Waals surface area contributed by atoms with Crippen molar-refractivity contribution < 1.29 is 14.3 Å². The summed E-state index contributed by atoms with van der Waals surface area (Å²) in [6.45, 7) is 6.04. The van der Waals surface area contributed by atoms with Crippen LogP contribution in [0.5, 0.6) is 5.75 Å². The first-order valence-corrected chi connectivity index (χ1v) is 5.96. The van der Waals surface area contributed by atoms with Gasteiger partial charge < -0.3 is 15.2 Å². The monoisotopic (exact) mass is 251 g/mol. The second-order valence-corrected chi connectivity index (χ2v) is 3.06. The van der Waals surface area contributed by atoms with Gasteiger partial charge in [-0.1, -0.05) is 32.0 Å². The first kappa shape index (κ1) is 16.0. The van der Waals surface area contributed by atoms with Gasteiger partial charge in [0.05, 0.1) is 13.7 Å². The highest BCUT2D eigenvalue weighted by atomic mass is 16.5. The molecule has 100 valence electrons. The summed E-state index contributed by atoms with van der Waals surface area (Å²) in [4.78, 5) is 11.3. The molecule has 0 radical (unpaired) electrons. The molecule has 0 fully saturated rings. The third kappa shape index (κ3) is 4.91. The highest BCUT2D eigenvalue weighted by Crippen LogP contribution is 2.19.